The predicted octanol–water partition coefficient (Wildman–Crippen LogP) is 1.34. The smallest absolute Gasteiger partial charge is 0.222 e. The summed E-state index contributed by atoms with van der Waals surface area (Å²) in [5.41, 5.74) is 0. The molecule has 3 heteroatoms. The van der Waals surface area contributed by atoms with E-state index in [-0.39, 0.29) is 0 Å². The maximum Gasteiger partial charge on any atom is 0.222 e. The summed E-state index contributed by atoms with van der Waals surface area (Å²) in [5.74, 6) is 0.362. The number of rotatable bonds is 5. The average molecular weight is 198 g/mol. The van der Waals surface area contributed by atoms with E-state index >= 15 is 0 Å². The molecule has 0 aromatic carbocycles. The van der Waals surface area contributed by atoms with Gasteiger partial charge in [-0.25, -0.2) is 0 Å². The lowest BCUT2D eigenvalue weighted by Crippen LogP contribution is -2.27. The van der Waals surface area contributed by atoms with Crippen LogP contribution in [0.2, 0.25) is 0 Å². The van der Waals surface area contributed by atoms with Crippen LogP contribution in [0.1, 0.15) is 32.1 Å². The second-order valence-corrected chi connectivity index (χ2v) is 4.35. The highest BCUT2D eigenvalue weighted by atomic mass is 16.2. The van der Waals surface area contributed by atoms with E-state index in [9.17, 15) is 4.79 Å². The fourth-order valence-corrected chi connectivity index (χ4v) is 1.83. The van der Waals surface area contributed by atoms with Crippen molar-refractivity contribution >= 4 is 5.91 Å². The number of carbonyl (C=O) groups is 1. The van der Waals surface area contributed by atoms with Crippen molar-refractivity contribution in [3.63, 3.8) is 0 Å². The summed E-state index contributed by atoms with van der Waals surface area (Å²) >= 11 is 0. The first-order chi connectivity index (χ1) is 6.70. The molecule has 1 saturated heterocycles. The van der Waals surface area contributed by atoms with Crippen molar-refractivity contribution in [1.82, 2.24) is 9.80 Å². The van der Waals surface area contributed by atoms with Gasteiger partial charge in [-0.05, 0) is 46.3 Å². The molecule has 14 heavy (non-hydrogen) atoms. The molecule has 0 aliphatic carbocycles. The molecule has 1 fully saturated rings. The molecule has 3 nitrogen and oxygen atoms in total. The molecule has 1 aliphatic heterocycles. The van der Waals surface area contributed by atoms with Gasteiger partial charge in [-0.2, -0.15) is 0 Å². The summed E-state index contributed by atoms with van der Waals surface area (Å²) in [4.78, 5) is 15.8. The lowest BCUT2D eigenvalue weighted by atomic mass is 10.2. The maximum absolute atomic E-state index is 11.6. The van der Waals surface area contributed by atoms with Gasteiger partial charge in [0.2, 0.25) is 5.91 Å². The zero-order valence-electron chi connectivity index (χ0n) is 9.46. The minimum atomic E-state index is 0.362. The first-order valence-corrected chi connectivity index (χ1v) is 5.62. The van der Waals surface area contributed by atoms with Gasteiger partial charge in [0.1, 0.15) is 0 Å². The van der Waals surface area contributed by atoms with Crippen molar-refractivity contribution in [3.05, 3.63) is 0 Å². The van der Waals surface area contributed by atoms with Crippen LogP contribution in [0.4, 0.5) is 0 Å². The van der Waals surface area contributed by atoms with Gasteiger partial charge in [0, 0.05) is 19.5 Å². The molecule has 0 aromatic rings. The van der Waals surface area contributed by atoms with Crippen LogP contribution < -0.4 is 0 Å². The topological polar surface area (TPSA) is 23.6 Å². The van der Waals surface area contributed by atoms with Crippen LogP contribution in [0.3, 0.4) is 0 Å². The molecule has 1 amide bonds. The second kappa shape index (κ2) is 6.02. The van der Waals surface area contributed by atoms with Gasteiger partial charge >= 0.3 is 0 Å². The monoisotopic (exact) mass is 198 g/mol. The zero-order valence-corrected chi connectivity index (χ0v) is 9.46. The van der Waals surface area contributed by atoms with E-state index in [4.69, 9.17) is 0 Å². The minimum absolute atomic E-state index is 0.362. The van der Waals surface area contributed by atoms with Crippen molar-refractivity contribution in [2.24, 2.45) is 0 Å². The highest BCUT2D eigenvalue weighted by Crippen LogP contribution is 2.10. The second-order valence-electron chi connectivity index (χ2n) is 4.35. The van der Waals surface area contributed by atoms with E-state index in [0.29, 0.717) is 5.91 Å². The molecule has 0 aromatic heterocycles. The number of likely N-dealkylation sites (tertiary alicyclic amines) is 1. The number of hydrogen-bond acceptors (Lipinski definition) is 2. The third kappa shape index (κ3) is 4.09. The standard InChI is InChI=1S/C11H22N2O/c1-12(2)8-4-3-7-11(14)13-9-5-6-10-13/h3-10H2,1-2H3. The molecular formula is C11H22N2O. The van der Waals surface area contributed by atoms with Crippen molar-refractivity contribution in [3.8, 4) is 0 Å². The normalized spacial score (nSPS) is 16.6. The first kappa shape index (κ1) is 11.5. The Labute approximate surface area is 87.1 Å². The largest absolute Gasteiger partial charge is 0.343 e. The molecule has 0 saturated carbocycles. The molecule has 0 N–H and O–H groups in total. The molecule has 0 bridgehead atoms. The molecular weight excluding hydrogens is 176 g/mol. The van der Waals surface area contributed by atoms with Crippen LogP contribution in [0.5, 0.6) is 0 Å². The van der Waals surface area contributed by atoms with Crippen molar-refractivity contribution in [1.29, 1.82) is 0 Å². The fourth-order valence-electron chi connectivity index (χ4n) is 1.83. The van der Waals surface area contributed by atoms with E-state index in [1.165, 1.54) is 12.8 Å². The Balaban J connectivity index is 2.03. The Hall–Kier alpha value is -0.570. The third-order valence-electron chi connectivity index (χ3n) is 2.70. The van der Waals surface area contributed by atoms with Crippen LogP contribution in [-0.4, -0.2) is 49.4 Å². The van der Waals surface area contributed by atoms with E-state index < -0.39 is 0 Å². The fraction of sp³-hybridized carbons (Fsp3) is 0.909. The van der Waals surface area contributed by atoms with E-state index in [0.717, 1.165) is 38.9 Å². The lowest BCUT2D eigenvalue weighted by Gasteiger charge is -2.15. The average Bonchev–Trinajstić information content (AvgIpc) is 2.64. The summed E-state index contributed by atoms with van der Waals surface area (Å²) in [6.07, 6.45) is 5.31. The van der Waals surface area contributed by atoms with Crippen LogP contribution >= 0.6 is 0 Å². The Morgan fingerprint density at radius 1 is 1.21 bits per heavy atom. The van der Waals surface area contributed by atoms with Crippen LogP contribution in [-0.2, 0) is 4.79 Å². The van der Waals surface area contributed by atoms with Crippen LogP contribution in [0.15, 0.2) is 0 Å². The number of hydrogen-bond donors (Lipinski definition) is 0. The number of amides is 1. The molecule has 1 rings (SSSR count). The summed E-state index contributed by atoms with van der Waals surface area (Å²) in [6, 6.07) is 0. The molecule has 0 radical (unpaired) electrons. The zero-order chi connectivity index (χ0) is 10.4. The first-order valence-electron chi connectivity index (χ1n) is 5.62. The van der Waals surface area contributed by atoms with Gasteiger partial charge in [-0.15, -0.1) is 0 Å². The van der Waals surface area contributed by atoms with E-state index in [1.54, 1.807) is 0 Å². The summed E-state index contributed by atoms with van der Waals surface area (Å²) < 4.78 is 0. The van der Waals surface area contributed by atoms with E-state index in [1.807, 2.05) is 4.90 Å². The summed E-state index contributed by atoms with van der Waals surface area (Å²) in [7, 11) is 4.14. The Bertz CT molecular complexity index is 174. The highest BCUT2D eigenvalue weighted by molar-refractivity contribution is 5.76. The van der Waals surface area contributed by atoms with Crippen molar-refractivity contribution in [2.45, 2.75) is 32.1 Å². The molecule has 0 atom stereocenters. The van der Waals surface area contributed by atoms with Gasteiger partial charge in [-0.3, -0.25) is 4.79 Å². The number of carbonyl (C=O) groups excluding carboxylic acids is 1. The molecule has 82 valence electrons. The quantitative estimate of drug-likeness (QED) is 0.622. The van der Waals surface area contributed by atoms with Crippen molar-refractivity contribution < 1.29 is 4.79 Å². The third-order valence-corrected chi connectivity index (χ3v) is 2.70. The Morgan fingerprint density at radius 2 is 1.86 bits per heavy atom. The van der Waals surface area contributed by atoms with Crippen LogP contribution in [0.25, 0.3) is 0 Å². The maximum atomic E-state index is 11.6. The van der Waals surface area contributed by atoms with E-state index in [2.05, 4.69) is 19.0 Å². The molecule has 1 heterocycles. The van der Waals surface area contributed by atoms with Crippen molar-refractivity contribution in [2.75, 3.05) is 33.7 Å². The van der Waals surface area contributed by atoms with Crippen LogP contribution in [0, 0.1) is 0 Å². The highest BCUT2D eigenvalue weighted by Gasteiger charge is 2.16. The Kier molecular flexibility index (Phi) is 4.94. The summed E-state index contributed by atoms with van der Waals surface area (Å²) in [6.45, 7) is 3.08. The van der Waals surface area contributed by atoms with Gasteiger partial charge in [0.05, 0.1) is 0 Å². The van der Waals surface area contributed by atoms with Gasteiger partial charge in [0.25, 0.3) is 0 Å². The number of nitrogens with zero attached hydrogens (tertiary/aromatic N) is 2. The van der Waals surface area contributed by atoms with Gasteiger partial charge < -0.3 is 9.80 Å². The summed E-state index contributed by atoms with van der Waals surface area (Å²) in [5, 5.41) is 0. The Morgan fingerprint density at radius 3 is 2.43 bits per heavy atom. The molecule has 0 unspecified atom stereocenters. The SMILES string of the molecule is CN(C)CCCCC(=O)N1CCCC1. The number of unbranched alkanes of at least 4 members (excludes halogenated alkanes) is 1. The molecule has 0 spiro atoms. The minimum Gasteiger partial charge on any atom is -0.343 e. The van der Waals surface area contributed by atoms with Gasteiger partial charge in [-0.1, -0.05) is 0 Å². The van der Waals surface area contributed by atoms with Gasteiger partial charge in [0.15, 0.2) is 0 Å². The lowest BCUT2D eigenvalue weighted by molar-refractivity contribution is -0.130. The molecule has 1 aliphatic rings. The predicted molar refractivity (Wildman–Crippen MR) is 58.2 cm³/mol.